The van der Waals surface area contributed by atoms with Gasteiger partial charge in [0.2, 0.25) is 0 Å². The minimum absolute atomic E-state index is 0.657. The maximum Gasteiger partial charge on any atom is 0.152 e. The number of hydrogen-bond donors (Lipinski definition) is 1. The van der Waals surface area contributed by atoms with Gasteiger partial charge in [0.25, 0.3) is 0 Å². The molecule has 0 amide bonds. The number of hydrogen-bond acceptors (Lipinski definition) is 2. The standard InChI is InChI=1S/C8H11NOS/c1-2-11(10)8-5-3-7(9)4-6-8/h3-6H,2,9H2,1H3. The minimum atomic E-state index is -0.854. The molecule has 3 heteroatoms. The third-order valence-electron chi connectivity index (χ3n) is 1.41. The number of nitrogen functional groups attached to an aromatic ring is 1. The summed E-state index contributed by atoms with van der Waals surface area (Å²) in [6, 6.07) is 7.13. The highest BCUT2D eigenvalue weighted by Crippen LogP contribution is 2.12. The highest BCUT2D eigenvalue weighted by Gasteiger charge is 2.05. The van der Waals surface area contributed by atoms with Crippen molar-refractivity contribution in [1.29, 1.82) is 0 Å². The summed E-state index contributed by atoms with van der Waals surface area (Å²) in [5.74, 6) is 0.657. The Bertz CT molecular complexity index is 222. The maximum atomic E-state index is 11.2. The Hall–Kier alpha value is -0.670. The van der Waals surface area contributed by atoms with Gasteiger partial charge in [-0.3, -0.25) is 0 Å². The maximum absolute atomic E-state index is 11.2. The first kappa shape index (κ1) is 8.43. The Morgan fingerprint density at radius 3 is 2.36 bits per heavy atom. The van der Waals surface area contributed by atoms with Gasteiger partial charge in [-0.25, -0.2) is 0 Å². The third-order valence-corrected chi connectivity index (χ3v) is 2.73. The van der Waals surface area contributed by atoms with E-state index in [0.717, 1.165) is 4.90 Å². The second-order valence-electron chi connectivity index (χ2n) is 2.20. The highest BCUT2D eigenvalue weighted by molar-refractivity contribution is 7.91. The Kier molecular flexibility index (Phi) is 2.79. The normalized spacial score (nSPS) is 12.9. The lowest BCUT2D eigenvalue weighted by atomic mass is 10.3. The van der Waals surface area contributed by atoms with E-state index in [4.69, 9.17) is 5.73 Å². The van der Waals surface area contributed by atoms with E-state index < -0.39 is 11.2 Å². The summed E-state index contributed by atoms with van der Waals surface area (Å²) in [6.07, 6.45) is 0. The number of anilines is 1. The topological polar surface area (TPSA) is 49.1 Å². The molecule has 0 fully saturated rings. The van der Waals surface area contributed by atoms with Crippen molar-refractivity contribution in [2.45, 2.75) is 11.8 Å². The van der Waals surface area contributed by atoms with Gasteiger partial charge in [-0.2, -0.15) is 0 Å². The van der Waals surface area contributed by atoms with Crippen LogP contribution in [-0.2, 0) is 11.2 Å². The van der Waals surface area contributed by atoms with Crippen LogP contribution in [0.25, 0.3) is 0 Å². The molecular weight excluding hydrogens is 158 g/mol. The summed E-state index contributed by atoms with van der Waals surface area (Å²) >= 11 is -0.854. The van der Waals surface area contributed by atoms with Crippen LogP contribution in [0.4, 0.5) is 5.69 Å². The highest BCUT2D eigenvalue weighted by atomic mass is 32.2. The van der Waals surface area contributed by atoms with Crippen LogP contribution in [0.2, 0.25) is 0 Å². The molecule has 0 bridgehead atoms. The summed E-state index contributed by atoms with van der Waals surface area (Å²) in [7, 11) is 0. The fourth-order valence-corrected chi connectivity index (χ4v) is 1.56. The number of rotatable bonds is 2. The smallest absolute Gasteiger partial charge is 0.152 e. The zero-order chi connectivity index (χ0) is 8.27. The molecule has 1 unspecified atom stereocenters. The monoisotopic (exact) mass is 169 g/mol. The molecule has 1 atom stereocenters. The van der Waals surface area contributed by atoms with Crippen LogP contribution in [0, 0.1) is 0 Å². The molecule has 0 aromatic heterocycles. The Morgan fingerprint density at radius 1 is 1.36 bits per heavy atom. The zero-order valence-corrected chi connectivity index (χ0v) is 7.23. The van der Waals surface area contributed by atoms with E-state index in [9.17, 15) is 4.55 Å². The first-order chi connectivity index (χ1) is 5.24. The quantitative estimate of drug-likeness (QED) is 0.537. The van der Waals surface area contributed by atoms with Gasteiger partial charge < -0.3 is 10.3 Å². The van der Waals surface area contributed by atoms with Crippen molar-refractivity contribution in [1.82, 2.24) is 0 Å². The van der Waals surface area contributed by atoms with E-state index in [-0.39, 0.29) is 0 Å². The number of nitrogens with two attached hydrogens (primary N) is 1. The molecule has 2 nitrogen and oxygen atoms in total. The van der Waals surface area contributed by atoms with E-state index in [1.807, 2.05) is 6.92 Å². The molecule has 1 rings (SSSR count). The van der Waals surface area contributed by atoms with Crippen molar-refractivity contribution in [3.05, 3.63) is 24.3 Å². The van der Waals surface area contributed by atoms with Crippen LogP contribution in [0.3, 0.4) is 0 Å². The summed E-state index contributed by atoms with van der Waals surface area (Å²) in [6.45, 7) is 1.90. The van der Waals surface area contributed by atoms with Crippen molar-refractivity contribution in [2.75, 3.05) is 11.5 Å². The molecule has 0 aliphatic heterocycles. The van der Waals surface area contributed by atoms with Gasteiger partial charge >= 0.3 is 0 Å². The lowest BCUT2D eigenvalue weighted by molar-refractivity contribution is 0.596. The molecule has 11 heavy (non-hydrogen) atoms. The molecule has 0 aliphatic carbocycles. The van der Waals surface area contributed by atoms with Crippen molar-refractivity contribution in [3.63, 3.8) is 0 Å². The number of benzene rings is 1. The van der Waals surface area contributed by atoms with Gasteiger partial charge in [0.1, 0.15) is 5.75 Å². The first-order valence-corrected chi connectivity index (χ1v) is 4.80. The molecule has 2 N–H and O–H groups in total. The van der Waals surface area contributed by atoms with Gasteiger partial charge in [-0.05, 0) is 42.4 Å². The Balaban J connectivity index is 2.81. The second kappa shape index (κ2) is 3.64. The molecule has 60 valence electrons. The molecule has 0 spiro atoms. The third kappa shape index (κ3) is 2.13. The second-order valence-corrected chi connectivity index (χ2v) is 3.94. The van der Waals surface area contributed by atoms with Crippen LogP contribution >= 0.6 is 0 Å². The van der Waals surface area contributed by atoms with Crippen LogP contribution in [-0.4, -0.2) is 10.3 Å². The predicted octanol–water partition coefficient (Wildman–Crippen LogP) is 1.40. The van der Waals surface area contributed by atoms with Gasteiger partial charge in [-0.1, -0.05) is 0 Å². The SMILES string of the molecule is CC[S+]([O-])c1ccc(N)cc1. The Labute approximate surface area is 69.6 Å². The minimum Gasteiger partial charge on any atom is -0.611 e. The van der Waals surface area contributed by atoms with Crippen LogP contribution < -0.4 is 5.73 Å². The molecule has 0 heterocycles. The summed E-state index contributed by atoms with van der Waals surface area (Å²) < 4.78 is 11.2. The lowest BCUT2D eigenvalue weighted by Gasteiger charge is -2.06. The molecule has 0 saturated heterocycles. The predicted molar refractivity (Wildman–Crippen MR) is 47.8 cm³/mol. The van der Waals surface area contributed by atoms with Crippen LogP contribution in [0.15, 0.2) is 29.2 Å². The first-order valence-electron chi connectivity index (χ1n) is 3.48. The molecule has 1 aromatic carbocycles. The van der Waals surface area contributed by atoms with Gasteiger partial charge in [0.05, 0.1) is 0 Å². The fourth-order valence-electron chi connectivity index (χ4n) is 0.786. The van der Waals surface area contributed by atoms with Gasteiger partial charge in [-0.15, -0.1) is 0 Å². The van der Waals surface area contributed by atoms with E-state index in [1.165, 1.54) is 0 Å². The largest absolute Gasteiger partial charge is 0.611 e. The summed E-state index contributed by atoms with van der Waals surface area (Å²) in [4.78, 5) is 0.849. The Morgan fingerprint density at radius 2 is 1.91 bits per heavy atom. The van der Waals surface area contributed by atoms with Gasteiger partial charge in [0.15, 0.2) is 4.90 Å². The molecule has 0 radical (unpaired) electrons. The molecular formula is C8H11NOS. The van der Waals surface area contributed by atoms with Crippen molar-refractivity contribution in [3.8, 4) is 0 Å². The van der Waals surface area contributed by atoms with Crippen LogP contribution in [0.5, 0.6) is 0 Å². The lowest BCUT2D eigenvalue weighted by Crippen LogP contribution is -2.03. The van der Waals surface area contributed by atoms with E-state index in [1.54, 1.807) is 24.3 Å². The average Bonchev–Trinajstić information content (AvgIpc) is 2.05. The van der Waals surface area contributed by atoms with Gasteiger partial charge in [0, 0.05) is 5.69 Å². The van der Waals surface area contributed by atoms with E-state index in [0.29, 0.717) is 11.4 Å². The fraction of sp³-hybridized carbons (Fsp3) is 0.250. The van der Waals surface area contributed by atoms with Crippen molar-refractivity contribution in [2.24, 2.45) is 0 Å². The molecule has 0 saturated carbocycles. The van der Waals surface area contributed by atoms with E-state index >= 15 is 0 Å². The zero-order valence-electron chi connectivity index (χ0n) is 6.41. The summed E-state index contributed by atoms with van der Waals surface area (Å²) in [5.41, 5.74) is 6.18. The van der Waals surface area contributed by atoms with Crippen LogP contribution in [0.1, 0.15) is 6.92 Å². The van der Waals surface area contributed by atoms with Crippen molar-refractivity contribution >= 4 is 16.9 Å². The molecule has 0 aliphatic rings. The molecule has 1 aromatic rings. The van der Waals surface area contributed by atoms with Crippen molar-refractivity contribution < 1.29 is 4.55 Å². The van der Waals surface area contributed by atoms with E-state index in [2.05, 4.69) is 0 Å². The summed E-state index contributed by atoms with van der Waals surface area (Å²) in [5, 5.41) is 0. The average molecular weight is 169 g/mol.